The molecule has 124 valence electrons. The van der Waals surface area contributed by atoms with E-state index >= 15 is 0 Å². The van der Waals surface area contributed by atoms with Gasteiger partial charge in [0.05, 0.1) is 28.9 Å². The molecule has 0 aliphatic heterocycles. The van der Waals surface area contributed by atoms with Gasteiger partial charge in [-0.05, 0) is 37.3 Å². The molecule has 1 heterocycles. The van der Waals surface area contributed by atoms with Crippen LogP contribution < -0.4 is 10.6 Å². The van der Waals surface area contributed by atoms with Crippen molar-refractivity contribution in [1.29, 1.82) is 5.26 Å². The van der Waals surface area contributed by atoms with Gasteiger partial charge in [0.2, 0.25) is 5.91 Å². The van der Waals surface area contributed by atoms with Crippen LogP contribution in [0.4, 0.5) is 11.4 Å². The average Bonchev–Trinajstić information content (AvgIpc) is 3.07. The summed E-state index contributed by atoms with van der Waals surface area (Å²) in [4.78, 5) is 16.6. The third-order valence-corrected chi connectivity index (χ3v) is 4.28. The number of benzene rings is 2. The Kier molecular flexibility index (Phi) is 5.07. The minimum Gasteiger partial charge on any atom is -0.376 e. The molecule has 0 radical (unpaired) electrons. The van der Waals surface area contributed by atoms with Gasteiger partial charge in [-0.15, -0.1) is 11.3 Å². The van der Waals surface area contributed by atoms with Crippen LogP contribution in [0, 0.1) is 18.3 Å². The lowest BCUT2D eigenvalue weighted by molar-refractivity contribution is -0.114. The van der Waals surface area contributed by atoms with Crippen molar-refractivity contribution in [3.63, 3.8) is 0 Å². The van der Waals surface area contributed by atoms with E-state index in [1.54, 1.807) is 29.5 Å². The Balaban J connectivity index is 1.62. The first kappa shape index (κ1) is 16.7. The predicted octanol–water partition coefficient (Wildman–Crippen LogP) is 4.04. The van der Waals surface area contributed by atoms with Gasteiger partial charge in [-0.1, -0.05) is 18.2 Å². The predicted molar refractivity (Wildman–Crippen MR) is 101 cm³/mol. The van der Waals surface area contributed by atoms with Gasteiger partial charge in [-0.3, -0.25) is 4.79 Å². The van der Waals surface area contributed by atoms with E-state index in [4.69, 9.17) is 5.26 Å². The highest BCUT2D eigenvalue weighted by Crippen LogP contribution is 2.24. The molecule has 6 heteroatoms. The molecule has 0 unspecified atom stereocenters. The topological polar surface area (TPSA) is 77.8 Å². The van der Waals surface area contributed by atoms with Crippen molar-refractivity contribution >= 4 is 28.6 Å². The fourth-order valence-corrected chi connectivity index (χ4v) is 2.96. The maximum absolute atomic E-state index is 12.1. The number of aromatic nitrogens is 1. The summed E-state index contributed by atoms with van der Waals surface area (Å²) in [6, 6.07) is 16.7. The highest BCUT2D eigenvalue weighted by molar-refractivity contribution is 7.09. The van der Waals surface area contributed by atoms with E-state index in [2.05, 4.69) is 21.7 Å². The minimum absolute atomic E-state index is 0.120. The molecule has 1 aromatic heterocycles. The molecule has 0 fully saturated rings. The van der Waals surface area contributed by atoms with Crippen LogP contribution in [0.2, 0.25) is 0 Å². The molecule has 1 amide bonds. The van der Waals surface area contributed by atoms with Crippen molar-refractivity contribution in [3.8, 4) is 17.3 Å². The monoisotopic (exact) mass is 348 g/mol. The molecule has 0 saturated carbocycles. The molecule has 2 N–H and O–H groups in total. The summed E-state index contributed by atoms with van der Waals surface area (Å²) in [7, 11) is 0. The second-order valence-electron chi connectivity index (χ2n) is 5.43. The second kappa shape index (κ2) is 7.60. The number of hydrogen-bond acceptors (Lipinski definition) is 5. The van der Waals surface area contributed by atoms with Gasteiger partial charge in [-0.25, -0.2) is 4.98 Å². The zero-order valence-corrected chi connectivity index (χ0v) is 14.4. The maximum Gasteiger partial charge on any atom is 0.243 e. The molecular formula is C19H16N4OS. The summed E-state index contributed by atoms with van der Waals surface area (Å²) in [5.41, 5.74) is 3.89. The Labute approximate surface area is 150 Å². The minimum atomic E-state index is -0.158. The van der Waals surface area contributed by atoms with Crippen molar-refractivity contribution < 1.29 is 4.79 Å². The van der Waals surface area contributed by atoms with Crippen molar-refractivity contribution in [3.05, 3.63) is 64.5 Å². The summed E-state index contributed by atoms with van der Waals surface area (Å²) in [5, 5.41) is 17.8. The zero-order chi connectivity index (χ0) is 17.6. The van der Waals surface area contributed by atoms with Crippen molar-refractivity contribution in [2.24, 2.45) is 0 Å². The van der Waals surface area contributed by atoms with Crippen molar-refractivity contribution in [2.75, 3.05) is 17.2 Å². The van der Waals surface area contributed by atoms with E-state index in [0.717, 1.165) is 27.6 Å². The van der Waals surface area contributed by atoms with Crippen molar-refractivity contribution in [1.82, 2.24) is 4.98 Å². The SMILES string of the molecule is Cc1nc(-c2cccc(NC(=O)CNc3cccc(C#N)c3)c2)cs1. The Hall–Kier alpha value is -3.17. The fourth-order valence-electron chi connectivity index (χ4n) is 2.34. The van der Waals surface area contributed by atoms with Crippen LogP contribution in [-0.2, 0) is 4.79 Å². The van der Waals surface area contributed by atoms with Crippen LogP contribution in [0.5, 0.6) is 0 Å². The molecule has 0 bridgehead atoms. The Morgan fingerprint density at radius 2 is 2.00 bits per heavy atom. The summed E-state index contributed by atoms with van der Waals surface area (Å²) >= 11 is 1.60. The molecule has 0 aliphatic rings. The number of anilines is 2. The molecule has 0 atom stereocenters. The maximum atomic E-state index is 12.1. The van der Waals surface area contributed by atoms with Gasteiger partial charge in [0.15, 0.2) is 0 Å². The largest absolute Gasteiger partial charge is 0.376 e. The number of nitrogens with one attached hydrogen (secondary N) is 2. The number of aryl methyl sites for hydroxylation is 1. The van der Waals surface area contributed by atoms with Gasteiger partial charge in [0, 0.05) is 22.3 Å². The molecule has 3 rings (SSSR count). The summed E-state index contributed by atoms with van der Waals surface area (Å²) in [6.07, 6.45) is 0. The van der Waals surface area contributed by atoms with Gasteiger partial charge in [0.25, 0.3) is 0 Å². The van der Waals surface area contributed by atoms with E-state index in [9.17, 15) is 4.79 Å². The standard InChI is InChI=1S/C19H16N4OS/c1-13-22-18(12-25-13)15-5-3-7-17(9-15)23-19(24)11-21-16-6-2-4-14(8-16)10-20/h2-9,12,21H,11H2,1H3,(H,23,24). The van der Waals surface area contributed by atoms with Crippen LogP contribution >= 0.6 is 11.3 Å². The highest BCUT2D eigenvalue weighted by Gasteiger charge is 2.06. The average molecular weight is 348 g/mol. The van der Waals surface area contributed by atoms with Crippen LogP contribution in [0.3, 0.4) is 0 Å². The number of hydrogen-bond donors (Lipinski definition) is 2. The first-order valence-corrected chi connectivity index (χ1v) is 8.58. The molecular weight excluding hydrogens is 332 g/mol. The number of rotatable bonds is 5. The first-order valence-electron chi connectivity index (χ1n) is 7.70. The molecule has 25 heavy (non-hydrogen) atoms. The van der Waals surface area contributed by atoms with Crippen LogP contribution in [0.15, 0.2) is 53.9 Å². The van der Waals surface area contributed by atoms with E-state index in [1.807, 2.05) is 42.6 Å². The normalized spacial score (nSPS) is 10.1. The Morgan fingerprint density at radius 3 is 2.76 bits per heavy atom. The molecule has 2 aromatic carbocycles. The number of amides is 1. The van der Waals surface area contributed by atoms with Gasteiger partial charge in [-0.2, -0.15) is 5.26 Å². The van der Waals surface area contributed by atoms with E-state index in [0.29, 0.717) is 5.56 Å². The number of carbonyl (C=O) groups excluding carboxylic acids is 1. The summed E-state index contributed by atoms with van der Waals surface area (Å²) in [6.45, 7) is 2.09. The molecule has 0 aliphatic carbocycles. The van der Waals surface area contributed by atoms with Crippen LogP contribution in [0.1, 0.15) is 10.6 Å². The lowest BCUT2D eigenvalue weighted by Crippen LogP contribution is -2.21. The molecule has 0 spiro atoms. The fraction of sp³-hybridized carbons (Fsp3) is 0.105. The van der Waals surface area contributed by atoms with Crippen LogP contribution in [-0.4, -0.2) is 17.4 Å². The third kappa shape index (κ3) is 4.43. The Morgan fingerprint density at radius 1 is 1.20 bits per heavy atom. The van der Waals surface area contributed by atoms with Crippen LogP contribution in [0.25, 0.3) is 11.3 Å². The number of nitrogens with zero attached hydrogens (tertiary/aromatic N) is 2. The Bertz CT molecular complexity index is 942. The van der Waals surface area contributed by atoms with Crippen molar-refractivity contribution in [2.45, 2.75) is 6.92 Å². The van der Waals surface area contributed by atoms with E-state index in [-0.39, 0.29) is 12.5 Å². The smallest absolute Gasteiger partial charge is 0.243 e. The van der Waals surface area contributed by atoms with Gasteiger partial charge >= 0.3 is 0 Å². The summed E-state index contributed by atoms with van der Waals surface area (Å²) in [5.74, 6) is -0.158. The third-order valence-electron chi connectivity index (χ3n) is 3.51. The molecule has 0 saturated heterocycles. The summed E-state index contributed by atoms with van der Waals surface area (Å²) < 4.78 is 0. The lowest BCUT2D eigenvalue weighted by Gasteiger charge is -2.09. The van der Waals surface area contributed by atoms with Gasteiger partial charge < -0.3 is 10.6 Å². The van der Waals surface area contributed by atoms with E-state index < -0.39 is 0 Å². The lowest BCUT2D eigenvalue weighted by atomic mass is 10.1. The first-order chi connectivity index (χ1) is 12.1. The highest BCUT2D eigenvalue weighted by atomic mass is 32.1. The molecule has 5 nitrogen and oxygen atoms in total. The quantitative estimate of drug-likeness (QED) is 0.729. The molecule has 3 aromatic rings. The number of carbonyl (C=O) groups is 1. The number of thiazole rings is 1. The second-order valence-corrected chi connectivity index (χ2v) is 6.49. The van der Waals surface area contributed by atoms with Gasteiger partial charge in [0.1, 0.15) is 0 Å². The van der Waals surface area contributed by atoms with E-state index in [1.165, 1.54) is 0 Å². The zero-order valence-electron chi connectivity index (χ0n) is 13.6. The number of nitriles is 1.